The van der Waals surface area contributed by atoms with Crippen molar-refractivity contribution in [2.45, 2.75) is 16.7 Å². The van der Waals surface area contributed by atoms with Crippen molar-refractivity contribution in [2.24, 2.45) is 0 Å². The molecule has 3 rings (SSSR count). The zero-order valence-corrected chi connectivity index (χ0v) is 20.5. The van der Waals surface area contributed by atoms with E-state index >= 15 is 0 Å². The van der Waals surface area contributed by atoms with E-state index in [2.05, 4.69) is 5.32 Å². The number of rotatable bonds is 11. The van der Waals surface area contributed by atoms with Gasteiger partial charge in [-0.3, -0.25) is 9.10 Å². The van der Waals surface area contributed by atoms with Crippen LogP contribution in [0.3, 0.4) is 0 Å². The molecule has 0 saturated carbocycles. The van der Waals surface area contributed by atoms with Crippen molar-refractivity contribution in [3.63, 3.8) is 0 Å². The Hall–Kier alpha value is -2.68. The topological polar surface area (TPSA) is 75.7 Å². The number of hydrogen-bond donors (Lipinski definition) is 1. The number of nitrogens with zero attached hydrogens (tertiary/aromatic N) is 1. The van der Waals surface area contributed by atoms with Crippen LogP contribution < -0.4 is 14.4 Å². The Balaban J connectivity index is 1.73. The Bertz CT molecular complexity index is 1140. The molecule has 0 saturated heterocycles. The summed E-state index contributed by atoms with van der Waals surface area (Å²) in [4.78, 5) is 13.8. The number of hydrogen-bond acceptors (Lipinski definition) is 5. The van der Waals surface area contributed by atoms with Gasteiger partial charge in [0.1, 0.15) is 12.3 Å². The lowest BCUT2D eigenvalue weighted by molar-refractivity contribution is -0.119. The molecule has 0 spiro atoms. The van der Waals surface area contributed by atoms with Gasteiger partial charge in [-0.05, 0) is 67.6 Å². The van der Waals surface area contributed by atoms with Crippen LogP contribution in [0.2, 0.25) is 5.02 Å². The molecule has 0 bridgehead atoms. The first-order valence-corrected chi connectivity index (χ1v) is 13.2. The monoisotopic (exact) mass is 504 g/mol. The second kappa shape index (κ2) is 12.0. The van der Waals surface area contributed by atoms with Crippen molar-refractivity contribution >= 4 is 45.0 Å². The summed E-state index contributed by atoms with van der Waals surface area (Å²) in [6, 6.07) is 22.3. The van der Waals surface area contributed by atoms with Gasteiger partial charge in [0.15, 0.2) is 0 Å². The Morgan fingerprint density at radius 1 is 1.00 bits per heavy atom. The minimum atomic E-state index is -4.00. The van der Waals surface area contributed by atoms with Crippen LogP contribution >= 0.6 is 23.4 Å². The maximum Gasteiger partial charge on any atom is 0.264 e. The lowest BCUT2D eigenvalue weighted by Crippen LogP contribution is -2.41. The number of amides is 1. The van der Waals surface area contributed by atoms with Crippen molar-refractivity contribution in [3.8, 4) is 5.75 Å². The summed E-state index contributed by atoms with van der Waals surface area (Å²) in [5.41, 5.74) is 0.363. The van der Waals surface area contributed by atoms with E-state index in [4.69, 9.17) is 16.3 Å². The molecule has 9 heteroatoms. The average Bonchev–Trinajstić information content (AvgIpc) is 2.82. The number of halogens is 1. The molecule has 0 aliphatic heterocycles. The smallest absolute Gasteiger partial charge is 0.264 e. The van der Waals surface area contributed by atoms with Gasteiger partial charge in [-0.15, -0.1) is 11.8 Å². The third kappa shape index (κ3) is 7.15. The summed E-state index contributed by atoms with van der Waals surface area (Å²) in [5.74, 6) is 0.894. The number of thioether (sulfide) groups is 1. The van der Waals surface area contributed by atoms with Gasteiger partial charge in [0.2, 0.25) is 5.91 Å². The van der Waals surface area contributed by atoms with Crippen LogP contribution in [0.25, 0.3) is 0 Å². The van der Waals surface area contributed by atoms with Crippen molar-refractivity contribution in [1.82, 2.24) is 5.32 Å². The quantitative estimate of drug-likeness (QED) is 0.298. The van der Waals surface area contributed by atoms with Crippen molar-refractivity contribution in [2.75, 3.05) is 29.8 Å². The second-order valence-electron chi connectivity index (χ2n) is 6.90. The van der Waals surface area contributed by atoms with Crippen LogP contribution in [0, 0.1) is 0 Å². The van der Waals surface area contributed by atoms with E-state index in [1.54, 1.807) is 36.0 Å². The predicted molar refractivity (Wildman–Crippen MR) is 134 cm³/mol. The van der Waals surface area contributed by atoms with E-state index in [-0.39, 0.29) is 11.4 Å². The zero-order chi connectivity index (χ0) is 23.7. The highest BCUT2D eigenvalue weighted by molar-refractivity contribution is 7.99. The number of anilines is 1. The highest BCUT2D eigenvalue weighted by atomic mass is 35.5. The summed E-state index contributed by atoms with van der Waals surface area (Å²) in [6.45, 7) is 2.42. The molecule has 0 aliphatic carbocycles. The van der Waals surface area contributed by atoms with Gasteiger partial charge in [-0.25, -0.2) is 8.42 Å². The fraction of sp³-hybridized carbons (Fsp3) is 0.208. The number of carbonyl (C=O) groups excluding carboxylic acids is 1. The van der Waals surface area contributed by atoms with Crippen LogP contribution in [0.1, 0.15) is 6.92 Å². The number of nitrogens with one attached hydrogen (secondary N) is 1. The Morgan fingerprint density at radius 2 is 1.67 bits per heavy atom. The van der Waals surface area contributed by atoms with Crippen molar-refractivity contribution in [3.05, 3.63) is 83.9 Å². The molecule has 0 fully saturated rings. The summed E-state index contributed by atoms with van der Waals surface area (Å²) in [5, 5.41) is 3.23. The molecule has 174 valence electrons. The first-order chi connectivity index (χ1) is 15.9. The predicted octanol–water partition coefficient (Wildman–Crippen LogP) is 4.84. The molecular formula is C24H25ClN2O4S2. The Kier molecular flexibility index (Phi) is 9.05. The van der Waals surface area contributed by atoms with Gasteiger partial charge in [0.25, 0.3) is 10.0 Å². The number of carbonyl (C=O) groups is 1. The molecule has 1 N–H and O–H groups in total. The van der Waals surface area contributed by atoms with Gasteiger partial charge in [0, 0.05) is 22.2 Å². The highest BCUT2D eigenvalue weighted by Gasteiger charge is 2.27. The van der Waals surface area contributed by atoms with Crippen LogP contribution in [-0.2, 0) is 14.8 Å². The maximum absolute atomic E-state index is 13.4. The minimum absolute atomic E-state index is 0.0493. The molecule has 0 aromatic heterocycles. The van der Waals surface area contributed by atoms with E-state index in [1.165, 1.54) is 24.3 Å². The molecule has 0 heterocycles. The molecular weight excluding hydrogens is 480 g/mol. The average molecular weight is 505 g/mol. The highest BCUT2D eigenvalue weighted by Crippen LogP contribution is 2.26. The minimum Gasteiger partial charge on any atom is -0.494 e. The maximum atomic E-state index is 13.4. The van der Waals surface area contributed by atoms with Crippen LogP contribution in [0.15, 0.2) is 88.7 Å². The van der Waals surface area contributed by atoms with Gasteiger partial charge in [-0.1, -0.05) is 29.8 Å². The zero-order valence-electron chi connectivity index (χ0n) is 18.1. The fourth-order valence-corrected chi connectivity index (χ4v) is 5.32. The van der Waals surface area contributed by atoms with E-state index in [9.17, 15) is 13.2 Å². The third-order valence-corrected chi connectivity index (χ3v) is 7.61. The van der Waals surface area contributed by atoms with E-state index < -0.39 is 15.9 Å². The number of ether oxygens (including phenoxy) is 1. The molecule has 3 aromatic carbocycles. The Morgan fingerprint density at radius 3 is 2.30 bits per heavy atom. The normalized spacial score (nSPS) is 11.1. The summed E-state index contributed by atoms with van der Waals surface area (Å²) < 4.78 is 33.3. The summed E-state index contributed by atoms with van der Waals surface area (Å²) in [6.07, 6.45) is 0. The lowest BCUT2D eigenvalue weighted by atomic mass is 10.3. The van der Waals surface area contributed by atoms with E-state index in [1.807, 2.05) is 37.3 Å². The summed E-state index contributed by atoms with van der Waals surface area (Å²) in [7, 11) is -4.00. The lowest BCUT2D eigenvalue weighted by Gasteiger charge is -2.24. The first-order valence-electron chi connectivity index (χ1n) is 10.4. The molecule has 3 aromatic rings. The van der Waals surface area contributed by atoms with Crippen LogP contribution in [-0.4, -0.2) is 39.8 Å². The van der Waals surface area contributed by atoms with Crippen LogP contribution in [0.5, 0.6) is 5.75 Å². The first kappa shape index (κ1) is 25.0. The molecule has 33 heavy (non-hydrogen) atoms. The summed E-state index contributed by atoms with van der Waals surface area (Å²) >= 11 is 7.53. The third-order valence-electron chi connectivity index (χ3n) is 4.56. The van der Waals surface area contributed by atoms with Gasteiger partial charge >= 0.3 is 0 Å². The van der Waals surface area contributed by atoms with E-state index in [0.29, 0.717) is 35.4 Å². The molecule has 1 amide bonds. The van der Waals surface area contributed by atoms with Crippen molar-refractivity contribution in [1.29, 1.82) is 0 Å². The Labute approximate surface area is 204 Å². The van der Waals surface area contributed by atoms with Crippen LogP contribution in [0.4, 0.5) is 5.69 Å². The molecule has 0 radical (unpaired) electrons. The number of benzene rings is 3. The second-order valence-corrected chi connectivity index (χ2v) is 10.4. The molecule has 0 aliphatic rings. The number of sulfonamides is 1. The molecule has 6 nitrogen and oxygen atoms in total. The van der Waals surface area contributed by atoms with E-state index in [0.717, 1.165) is 9.20 Å². The molecule has 0 atom stereocenters. The largest absolute Gasteiger partial charge is 0.494 e. The standard InChI is InChI=1S/C24H25ClN2O4S2/c1-2-31-21-12-10-20(11-13-21)27(33(29,30)23-14-8-19(25)9-15-23)18-24(28)26-16-17-32-22-6-4-3-5-7-22/h3-15H,2,16-18H2,1H3,(H,26,28). The fourth-order valence-electron chi connectivity index (χ4n) is 2.99. The SMILES string of the molecule is CCOc1ccc(N(CC(=O)NCCSc2ccccc2)S(=O)(=O)c2ccc(Cl)cc2)cc1. The van der Waals surface area contributed by atoms with Crippen molar-refractivity contribution < 1.29 is 17.9 Å². The van der Waals surface area contributed by atoms with Gasteiger partial charge in [0.05, 0.1) is 17.2 Å². The van der Waals surface area contributed by atoms with Gasteiger partial charge in [-0.2, -0.15) is 0 Å². The van der Waals surface area contributed by atoms with Gasteiger partial charge < -0.3 is 10.1 Å². The molecule has 0 unspecified atom stereocenters.